The van der Waals surface area contributed by atoms with Gasteiger partial charge in [-0.05, 0) is 53.1 Å². The quantitative estimate of drug-likeness (QED) is 0.274. The Bertz CT molecular complexity index is 707. The molecule has 0 amide bonds. The molecule has 0 saturated heterocycles. The topological polar surface area (TPSA) is 0 Å². The number of hydrogen-bond donors (Lipinski definition) is 0. The minimum absolute atomic E-state index is 0.00811. The molecule has 2 aliphatic carbocycles. The Balaban J connectivity index is 0.000000403. The van der Waals surface area contributed by atoms with E-state index in [1.54, 1.807) is 10.7 Å². The van der Waals surface area contributed by atoms with Crippen LogP contribution in [-0.4, -0.2) is 18.6 Å². The summed E-state index contributed by atoms with van der Waals surface area (Å²) < 4.78 is 39.0. The van der Waals surface area contributed by atoms with Gasteiger partial charge in [0, 0.05) is 0 Å². The zero-order chi connectivity index (χ0) is 20.0. The molecule has 6 heteroatoms. The van der Waals surface area contributed by atoms with Crippen LogP contribution in [0.4, 0.5) is 17.3 Å². The first-order valence-corrected chi connectivity index (χ1v) is 12.0. The predicted molar refractivity (Wildman–Crippen MR) is 114 cm³/mol. The van der Waals surface area contributed by atoms with Gasteiger partial charge in [-0.3, -0.25) is 0 Å². The molecule has 28 heavy (non-hydrogen) atoms. The normalized spacial score (nSPS) is 19.5. The summed E-state index contributed by atoms with van der Waals surface area (Å²) in [5, 5.41) is 4.73. The Labute approximate surface area is 167 Å². The lowest BCUT2D eigenvalue weighted by Gasteiger charge is -2.39. The molecule has 0 spiro atoms. The molecule has 0 aromatic heterocycles. The van der Waals surface area contributed by atoms with E-state index in [-0.39, 0.29) is 7.92 Å². The van der Waals surface area contributed by atoms with Gasteiger partial charge in [0.2, 0.25) is 0 Å². The molecule has 154 valence electrons. The van der Waals surface area contributed by atoms with Crippen molar-refractivity contribution in [1.82, 2.24) is 0 Å². The number of halogens is 4. The Morgan fingerprint density at radius 1 is 0.643 bits per heavy atom. The molecule has 0 atom stereocenters. The molecule has 0 heterocycles. The summed E-state index contributed by atoms with van der Waals surface area (Å²) in [7, 11) is -5.99. The van der Waals surface area contributed by atoms with Gasteiger partial charge in [-0.15, -0.1) is 0 Å². The molecule has 0 aliphatic heterocycles. The first-order valence-electron chi connectivity index (χ1n) is 10.6. The second-order valence-corrected chi connectivity index (χ2v) is 10.7. The monoisotopic (exact) mass is 411 g/mol. The highest BCUT2D eigenvalue weighted by Crippen LogP contribution is 2.55. The molecule has 0 bridgehead atoms. The van der Waals surface area contributed by atoms with Gasteiger partial charge in [0.05, 0.1) is 0 Å². The fraction of sp³-hybridized carbons (Fsp3) is 0.545. The Morgan fingerprint density at radius 3 is 1.64 bits per heavy atom. The first kappa shape index (κ1) is 21.6. The van der Waals surface area contributed by atoms with Crippen LogP contribution in [0.5, 0.6) is 0 Å². The highest BCUT2D eigenvalue weighted by Gasteiger charge is 2.32. The summed E-state index contributed by atoms with van der Waals surface area (Å²) in [5.74, 6) is 0. The molecule has 0 radical (unpaired) electrons. The van der Waals surface area contributed by atoms with Crippen LogP contribution in [0.25, 0.3) is 10.8 Å². The zero-order valence-corrected chi connectivity index (χ0v) is 17.2. The van der Waals surface area contributed by atoms with Crippen molar-refractivity contribution >= 4 is 31.3 Å². The molecule has 2 aliphatic rings. The number of fused-ring (bicyclic) bond motifs is 1. The predicted octanol–water partition coefficient (Wildman–Crippen LogP) is 7.91. The van der Waals surface area contributed by atoms with E-state index in [1.165, 1.54) is 69.6 Å². The van der Waals surface area contributed by atoms with Crippen molar-refractivity contribution in [3.05, 3.63) is 42.5 Å². The van der Waals surface area contributed by atoms with E-state index < -0.39 is 7.25 Å². The third-order valence-electron chi connectivity index (χ3n) is 5.98. The maximum Gasteiger partial charge on any atom is 0.673 e. The van der Waals surface area contributed by atoms with Gasteiger partial charge >= 0.3 is 7.25 Å². The second kappa shape index (κ2) is 10.1. The molecular formula is C22H29BF4P-. The van der Waals surface area contributed by atoms with E-state index >= 15 is 0 Å². The highest BCUT2D eigenvalue weighted by atomic mass is 31.1. The summed E-state index contributed by atoms with van der Waals surface area (Å²) in [4.78, 5) is 0. The molecule has 0 unspecified atom stereocenters. The van der Waals surface area contributed by atoms with Gasteiger partial charge in [0.1, 0.15) is 0 Å². The van der Waals surface area contributed by atoms with Crippen molar-refractivity contribution in [3.63, 3.8) is 0 Å². The molecule has 0 N–H and O–H groups in total. The van der Waals surface area contributed by atoms with Crippen LogP contribution in [0, 0.1) is 0 Å². The van der Waals surface area contributed by atoms with Crippen LogP contribution in [-0.2, 0) is 0 Å². The highest BCUT2D eigenvalue weighted by molar-refractivity contribution is 7.67. The third-order valence-corrected chi connectivity index (χ3v) is 9.53. The van der Waals surface area contributed by atoms with Crippen molar-refractivity contribution in [2.45, 2.75) is 75.5 Å². The van der Waals surface area contributed by atoms with Crippen LogP contribution in [0.3, 0.4) is 0 Å². The largest absolute Gasteiger partial charge is 0.673 e. The van der Waals surface area contributed by atoms with Crippen LogP contribution in [0.1, 0.15) is 64.2 Å². The molecule has 2 aromatic carbocycles. The number of rotatable bonds is 3. The van der Waals surface area contributed by atoms with E-state index in [0.29, 0.717) is 0 Å². The van der Waals surface area contributed by atoms with E-state index in [2.05, 4.69) is 42.5 Å². The third kappa shape index (κ3) is 6.21. The summed E-state index contributed by atoms with van der Waals surface area (Å²) in [6.07, 6.45) is 14.8. The molecular weight excluding hydrogens is 382 g/mol. The van der Waals surface area contributed by atoms with Gasteiger partial charge in [-0.1, -0.05) is 88.9 Å². The van der Waals surface area contributed by atoms with E-state index in [9.17, 15) is 17.3 Å². The number of benzene rings is 2. The smallest absolute Gasteiger partial charge is 0.418 e. The van der Waals surface area contributed by atoms with Crippen molar-refractivity contribution in [2.75, 3.05) is 0 Å². The summed E-state index contributed by atoms with van der Waals surface area (Å²) in [6, 6.07) is 16.2. The van der Waals surface area contributed by atoms with Crippen LogP contribution in [0.15, 0.2) is 42.5 Å². The van der Waals surface area contributed by atoms with E-state index in [4.69, 9.17) is 0 Å². The van der Waals surface area contributed by atoms with Crippen LogP contribution in [0.2, 0.25) is 0 Å². The van der Waals surface area contributed by atoms with E-state index in [1.807, 2.05) is 0 Å². The van der Waals surface area contributed by atoms with E-state index in [0.717, 1.165) is 11.3 Å². The van der Waals surface area contributed by atoms with Gasteiger partial charge in [-0.25, -0.2) is 0 Å². The molecule has 2 fully saturated rings. The van der Waals surface area contributed by atoms with Gasteiger partial charge < -0.3 is 17.3 Å². The standard InChI is InChI=1S/C22H29P.BF4/c1-3-12-19(13-4-1)23(20-14-5-2-6-15-20)22-17-9-11-18-10-7-8-16-21(18)22;2-1(3,4)5/h7-11,16-17,19-20H,1-6,12-15H2;/q;-1. The van der Waals surface area contributed by atoms with Crippen molar-refractivity contribution in [2.24, 2.45) is 0 Å². The minimum Gasteiger partial charge on any atom is -0.418 e. The Kier molecular flexibility index (Phi) is 7.80. The molecule has 0 nitrogen and oxygen atoms in total. The molecule has 2 saturated carbocycles. The van der Waals surface area contributed by atoms with Gasteiger partial charge in [0.25, 0.3) is 0 Å². The average molecular weight is 411 g/mol. The lowest BCUT2D eigenvalue weighted by molar-refractivity contribution is 0.368. The fourth-order valence-corrected chi connectivity index (χ4v) is 8.81. The van der Waals surface area contributed by atoms with Crippen molar-refractivity contribution in [3.8, 4) is 0 Å². The lowest BCUT2D eigenvalue weighted by atomic mass is 9.99. The van der Waals surface area contributed by atoms with Gasteiger partial charge in [0.15, 0.2) is 0 Å². The molecule has 4 rings (SSSR count). The van der Waals surface area contributed by atoms with Crippen LogP contribution >= 0.6 is 7.92 Å². The fourth-order valence-electron chi connectivity index (χ4n) is 4.84. The summed E-state index contributed by atoms with van der Waals surface area (Å²) in [6.45, 7) is 0. The second-order valence-electron chi connectivity index (χ2n) is 7.98. The minimum atomic E-state index is -6.00. The first-order chi connectivity index (χ1) is 13.4. The summed E-state index contributed by atoms with van der Waals surface area (Å²) in [5.41, 5.74) is 1.99. The van der Waals surface area contributed by atoms with Crippen molar-refractivity contribution < 1.29 is 17.3 Å². The lowest BCUT2D eigenvalue weighted by Crippen LogP contribution is -2.26. The Hall–Kier alpha value is -1.09. The molecule has 2 aromatic rings. The van der Waals surface area contributed by atoms with Crippen molar-refractivity contribution in [1.29, 1.82) is 0 Å². The Morgan fingerprint density at radius 2 is 1.11 bits per heavy atom. The van der Waals surface area contributed by atoms with Gasteiger partial charge in [-0.2, -0.15) is 0 Å². The maximum absolute atomic E-state index is 9.75. The van der Waals surface area contributed by atoms with Crippen LogP contribution < -0.4 is 5.30 Å². The average Bonchev–Trinajstić information content (AvgIpc) is 2.69. The SMILES string of the molecule is F[B-](F)(F)F.c1ccc2c(P(C3CCCCC3)C3CCCCC3)cccc2c1. The summed E-state index contributed by atoms with van der Waals surface area (Å²) >= 11 is 0. The zero-order valence-electron chi connectivity index (χ0n) is 16.3. The number of hydrogen-bond acceptors (Lipinski definition) is 0. The maximum atomic E-state index is 9.75.